The van der Waals surface area contributed by atoms with Gasteiger partial charge in [-0.15, -0.1) is 0 Å². The SMILES string of the molecule is CCCc1cc(C(=O)N2CCC[C@H]2Cc2ccccc2)n[nH]1. The lowest BCUT2D eigenvalue weighted by Crippen LogP contribution is -2.37. The van der Waals surface area contributed by atoms with Gasteiger partial charge in [-0.05, 0) is 37.3 Å². The lowest BCUT2D eigenvalue weighted by atomic mass is 10.0. The fourth-order valence-electron chi connectivity index (χ4n) is 3.22. The highest BCUT2D eigenvalue weighted by Gasteiger charge is 2.30. The third-order valence-corrected chi connectivity index (χ3v) is 4.32. The fraction of sp³-hybridized carbons (Fsp3) is 0.444. The predicted molar refractivity (Wildman–Crippen MR) is 86.8 cm³/mol. The standard InChI is InChI=1S/C18H23N3O/c1-2-7-15-13-17(20-19-15)18(22)21-11-6-10-16(21)12-14-8-4-3-5-9-14/h3-5,8-9,13,16H,2,6-7,10-12H2,1H3,(H,19,20)/t16-/m0/s1. The summed E-state index contributed by atoms with van der Waals surface area (Å²) in [6.45, 7) is 2.96. The number of hydrogen-bond donors (Lipinski definition) is 1. The molecule has 1 atom stereocenters. The van der Waals surface area contributed by atoms with Crippen LogP contribution >= 0.6 is 0 Å². The molecule has 0 aliphatic carbocycles. The minimum absolute atomic E-state index is 0.0667. The average molecular weight is 297 g/mol. The smallest absolute Gasteiger partial charge is 0.274 e. The fourth-order valence-corrected chi connectivity index (χ4v) is 3.22. The lowest BCUT2D eigenvalue weighted by molar-refractivity contribution is 0.0730. The number of aryl methyl sites for hydroxylation is 1. The zero-order valence-corrected chi connectivity index (χ0v) is 13.1. The highest BCUT2D eigenvalue weighted by molar-refractivity contribution is 5.92. The summed E-state index contributed by atoms with van der Waals surface area (Å²) in [6, 6.07) is 12.6. The molecule has 1 aliphatic rings. The summed E-state index contributed by atoms with van der Waals surface area (Å²) in [5.41, 5.74) is 2.90. The molecule has 1 amide bonds. The summed E-state index contributed by atoms with van der Waals surface area (Å²) in [7, 11) is 0. The van der Waals surface area contributed by atoms with Crippen LogP contribution in [-0.2, 0) is 12.8 Å². The second-order valence-corrected chi connectivity index (χ2v) is 6.01. The van der Waals surface area contributed by atoms with Gasteiger partial charge in [0, 0.05) is 18.3 Å². The molecule has 1 fully saturated rings. The largest absolute Gasteiger partial charge is 0.334 e. The van der Waals surface area contributed by atoms with Crippen molar-refractivity contribution in [3.05, 3.63) is 53.3 Å². The van der Waals surface area contributed by atoms with E-state index in [1.807, 2.05) is 17.0 Å². The van der Waals surface area contributed by atoms with Crippen LogP contribution in [0.4, 0.5) is 0 Å². The number of carbonyl (C=O) groups is 1. The van der Waals surface area contributed by atoms with E-state index in [1.165, 1.54) is 5.56 Å². The van der Waals surface area contributed by atoms with Crippen molar-refractivity contribution in [2.75, 3.05) is 6.54 Å². The normalized spacial score (nSPS) is 17.9. The summed E-state index contributed by atoms with van der Waals surface area (Å²) in [5, 5.41) is 7.18. The molecule has 0 bridgehead atoms. The molecule has 1 N–H and O–H groups in total. The highest BCUT2D eigenvalue weighted by atomic mass is 16.2. The molecule has 116 valence electrons. The Hall–Kier alpha value is -2.10. The molecule has 1 aliphatic heterocycles. The van der Waals surface area contributed by atoms with Gasteiger partial charge in [0.25, 0.3) is 5.91 Å². The van der Waals surface area contributed by atoms with Crippen molar-refractivity contribution in [1.82, 2.24) is 15.1 Å². The lowest BCUT2D eigenvalue weighted by Gasteiger charge is -2.24. The van der Waals surface area contributed by atoms with E-state index in [4.69, 9.17) is 0 Å². The molecule has 1 saturated heterocycles. The second-order valence-electron chi connectivity index (χ2n) is 6.01. The van der Waals surface area contributed by atoms with Gasteiger partial charge in [-0.25, -0.2) is 0 Å². The van der Waals surface area contributed by atoms with Gasteiger partial charge in [0.05, 0.1) is 0 Å². The molecule has 0 saturated carbocycles. The summed E-state index contributed by atoms with van der Waals surface area (Å²) < 4.78 is 0. The molecule has 0 radical (unpaired) electrons. The number of aromatic amines is 1. The van der Waals surface area contributed by atoms with Crippen molar-refractivity contribution in [1.29, 1.82) is 0 Å². The number of nitrogens with zero attached hydrogens (tertiary/aromatic N) is 2. The first-order valence-electron chi connectivity index (χ1n) is 8.17. The molecule has 4 nitrogen and oxygen atoms in total. The summed E-state index contributed by atoms with van der Waals surface area (Å²) in [6.07, 6.45) is 5.07. The molecule has 4 heteroatoms. The molecule has 2 aromatic rings. The van der Waals surface area contributed by atoms with Crippen molar-refractivity contribution < 1.29 is 4.79 Å². The minimum Gasteiger partial charge on any atom is -0.334 e. The van der Waals surface area contributed by atoms with Crippen LogP contribution in [0.3, 0.4) is 0 Å². The van der Waals surface area contributed by atoms with Crippen molar-refractivity contribution in [3.8, 4) is 0 Å². The maximum atomic E-state index is 12.7. The number of amides is 1. The van der Waals surface area contributed by atoms with Gasteiger partial charge in [-0.1, -0.05) is 43.7 Å². The van der Waals surface area contributed by atoms with E-state index in [0.29, 0.717) is 11.7 Å². The second kappa shape index (κ2) is 6.77. The highest BCUT2D eigenvalue weighted by Crippen LogP contribution is 2.23. The number of benzene rings is 1. The zero-order chi connectivity index (χ0) is 15.4. The molecule has 22 heavy (non-hydrogen) atoms. The molecule has 1 aromatic heterocycles. The van der Waals surface area contributed by atoms with Gasteiger partial charge >= 0.3 is 0 Å². The van der Waals surface area contributed by atoms with Gasteiger partial charge in [0.15, 0.2) is 0 Å². The van der Waals surface area contributed by atoms with Gasteiger partial charge in [0.1, 0.15) is 5.69 Å². The van der Waals surface area contributed by atoms with E-state index in [9.17, 15) is 4.79 Å². The Morgan fingerprint density at radius 3 is 2.95 bits per heavy atom. The Bertz CT molecular complexity index is 620. The van der Waals surface area contributed by atoms with Crippen molar-refractivity contribution >= 4 is 5.91 Å². The Morgan fingerprint density at radius 1 is 1.36 bits per heavy atom. The van der Waals surface area contributed by atoms with Crippen molar-refractivity contribution in [2.24, 2.45) is 0 Å². The first kappa shape index (κ1) is 14.8. The van der Waals surface area contributed by atoms with Gasteiger partial charge in [-0.2, -0.15) is 5.10 Å². The molecule has 0 unspecified atom stereocenters. The van der Waals surface area contributed by atoms with Crippen molar-refractivity contribution in [3.63, 3.8) is 0 Å². The van der Waals surface area contributed by atoms with Crippen LogP contribution in [0.15, 0.2) is 36.4 Å². The zero-order valence-electron chi connectivity index (χ0n) is 13.1. The van der Waals surface area contributed by atoms with E-state index in [2.05, 4.69) is 41.4 Å². The summed E-state index contributed by atoms with van der Waals surface area (Å²) in [4.78, 5) is 14.7. The third kappa shape index (κ3) is 3.21. The maximum Gasteiger partial charge on any atom is 0.274 e. The van der Waals surface area contributed by atoms with Gasteiger partial charge < -0.3 is 4.90 Å². The van der Waals surface area contributed by atoms with E-state index in [0.717, 1.165) is 44.3 Å². The van der Waals surface area contributed by atoms with Crippen LogP contribution < -0.4 is 0 Å². The number of rotatable bonds is 5. The molecule has 2 heterocycles. The van der Waals surface area contributed by atoms with Crippen molar-refractivity contribution in [2.45, 2.75) is 45.1 Å². The first-order valence-corrected chi connectivity index (χ1v) is 8.17. The topological polar surface area (TPSA) is 49.0 Å². The molecular formula is C18H23N3O. The van der Waals surface area contributed by atoms with Gasteiger partial charge in [0.2, 0.25) is 0 Å². The van der Waals surface area contributed by atoms with Crippen LogP contribution in [0, 0.1) is 0 Å². The number of carbonyl (C=O) groups excluding carboxylic acids is 1. The third-order valence-electron chi connectivity index (χ3n) is 4.32. The Morgan fingerprint density at radius 2 is 2.18 bits per heavy atom. The minimum atomic E-state index is 0.0667. The first-order chi connectivity index (χ1) is 10.8. The molecule has 1 aromatic carbocycles. The molecular weight excluding hydrogens is 274 g/mol. The number of hydrogen-bond acceptors (Lipinski definition) is 2. The maximum absolute atomic E-state index is 12.7. The van der Waals surface area contributed by atoms with E-state index < -0.39 is 0 Å². The van der Waals surface area contributed by atoms with Crippen LogP contribution in [0.1, 0.15) is 47.9 Å². The number of H-pyrrole nitrogens is 1. The quantitative estimate of drug-likeness (QED) is 0.921. The molecule has 3 rings (SSSR count). The monoisotopic (exact) mass is 297 g/mol. The number of nitrogens with one attached hydrogen (secondary N) is 1. The number of likely N-dealkylation sites (tertiary alicyclic amines) is 1. The van der Waals surface area contributed by atoms with Crippen LogP contribution in [0.25, 0.3) is 0 Å². The van der Waals surface area contributed by atoms with Crippen LogP contribution in [0.5, 0.6) is 0 Å². The van der Waals surface area contributed by atoms with Gasteiger partial charge in [-0.3, -0.25) is 9.89 Å². The Balaban J connectivity index is 1.70. The van der Waals surface area contributed by atoms with Crippen LogP contribution in [0.2, 0.25) is 0 Å². The molecule has 0 spiro atoms. The Kier molecular flexibility index (Phi) is 4.56. The van der Waals surface area contributed by atoms with E-state index >= 15 is 0 Å². The summed E-state index contributed by atoms with van der Waals surface area (Å²) in [5.74, 6) is 0.0667. The average Bonchev–Trinajstić information content (AvgIpc) is 3.18. The summed E-state index contributed by atoms with van der Waals surface area (Å²) >= 11 is 0. The Labute approximate surface area is 131 Å². The van der Waals surface area contributed by atoms with E-state index in [1.54, 1.807) is 0 Å². The van der Waals surface area contributed by atoms with E-state index in [-0.39, 0.29) is 5.91 Å². The van der Waals surface area contributed by atoms with Crippen LogP contribution in [-0.4, -0.2) is 33.6 Å². The number of aromatic nitrogens is 2. The predicted octanol–water partition coefficient (Wildman–Crippen LogP) is 3.21.